The molecule has 0 aromatic rings. The minimum absolute atomic E-state index is 0.0866. The molecular weight excluding hydrogens is 162 g/mol. The van der Waals surface area contributed by atoms with Crippen molar-refractivity contribution in [3.05, 3.63) is 0 Å². The highest BCUT2D eigenvalue weighted by atomic mass is 16.5. The summed E-state index contributed by atoms with van der Waals surface area (Å²) < 4.78 is 4.69. The maximum atomic E-state index is 10.8. The van der Waals surface area contributed by atoms with E-state index in [1.807, 2.05) is 0 Å². The molecule has 0 atom stereocenters. The maximum Gasteiger partial charge on any atom is 0.404 e. The molecule has 12 heavy (non-hydrogen) atoms. The molecule has 0 bridgehead atoms. The number of esters is 1. The predicted octanol–water partition coefficient (Wildman–Crippen LogP) is 0.453. The van der Waals surface area contributed by atoms with Crippen molar-refractivity contribution in [3.63, 3.8) is 0 Å². The highest BCUT2D eigenvalue weighted by Gasteiger charge is 2.07. The molecule has 0 heterocycles. The van der Waals surface area contributed by atoms with Gasteiger partial charge in [-0.2, -0.15) is 0 Å². The zero-order valence-electron chi connectivity index (χ0n) is 7.16. The van der Waals surface area contributed by atoms with Crippen LogP contribution in [0, 0.1) is 5.92 Å². The van der Waals surface area contributed by atoms with E-state index < -0.39 is 6.09 Å². The van der Waals surface area contributed by atoms with Crippen LogP contribution in [-0.2, 0) is 9.53 Å². The number of carbonyl (C=O) groups is 2. The molecule has 0 fully saturated rings. The minimum Gasteiger partial charge on any atom is -0.465 e. The SMILES string of the molecule is CC(C)C(=O)OCCNC(=O)O. The third-order valence-corrected chi connectivity index (χ3v) is 1.09. The Morgan fingerprint density at radius 1 is 1.50 bits per heavy atom. The summed E-state index contributed by atoms with van der Waals surface area (Å²) in [5.41, 5.74) is 0. The van der Waals surface area contributed by atoms with Gasteiger partial charge >= 0.3 is 12.1 Å². The number of amides is 1. The number of carboxylic acid groups (broad SMARTS) is 1. The van der Waals surface area contributed by atoms with Crippen LogP contribution in [0.25, 0.3) is 0 Å². The Hall–Kier alpha value is -1.26. The van der Waals surface area contributed by atoms with Gasteiger partial charge in [0.25, 0.3) is 0 Å². The smallest absolute Gasteiger partial charge is 0.404 e. The van der Waals surface area contributed by atoms with Crippen molar-refractivity contribution in [2.24, 2.45) is 5.92 Å². The van der Waals surface area contributed by atoms with Gasteiger partial charge in [-0.1, -0.05) is 13.8 Å². The molecule has 0 saturated heterocycles. The Morgan fingerprint density at radius 3 is 2.50 bits per heavy atom. The van der Waals surface area contributed by atoms with E-state index in [0.29, 0.717) is 0 Å². The summed E-state index contributed by atoms with van der Waals surface area (Å²) in [6.45, 7) is 3.65. The van der Waals surface area contributed by atoms with Gasteiger partial charge in [-0.05, 0) is 0 Å². The van der Waals surface area contributed by atoms with E-state index >= 15 is 0 Å². The maximum absolute atomic E-state index is 10.8. The molecule has 0 radical (unpaired) electrons. The molecule has 0 aliphatic rings. The van der Waals surface area contributed by atoms with Crippen molar-refractivity contribution < 1.29 is 19.4 Å². The molecule has 0 rings (SSSR count). The molecule has 0 aromatic heterocycles. The minimum atomic E-state index is -1.12. The second kappa shape index (κ2) is 5.40. The summed E-state index contributed by atoms with van der Waals surface area (Å²) in [7, 11) is 0. The van der Waals surface area contributed by atoms with E-state index in [-0.39, 0.29) is 25.0 Å². The molecule has 0 aliphatic heterocycles. The molecule has 0 saturated carbocycles. The van der Waals surface area contributed by atoms with Gasteiger partial charge in [0.05, 0.1) is 12.5 Å². The number of rotatable bonds is 4. The molecule has 0 unspecified atom stereocenters. The van der Waals surface area contributed by atoms with E-state index in [0.717, 1.165) is 0 Å². The fraction of sp³-hybridized carbons (Fsp3) is 0.714. The lowest BCUT2D eigenvalue weighted by Crippen LogP contribution is -2.27. The van der Waals surface area contributed by atoms with Crippen LogP contribution in [0.3, 0.4) is 0 Å². The number of hydrogen-bond acceptors (Lipinski definition) is 3. The van der Waals surface area contributed by atoms with Gasteiger partial charge in [0.15, 0.2) is 0 Å². The van der Waals surface area contributed by atoms with Gasteiger partial charge in [0.2, 0.25) is 0 Å². The van der Waals surface area contributed by atoms with Crippen LogP contribution in [0.4, 0.5) is 4.79 Å². The zero-order chi connectivity index (χ0) is 9.56. The first-order chi connectivity index (χ1) is 5.54. The molecule has 1 amide bonds. The second-order valence-electron chi connectivity index (χ2n) is 2.55. The van der Waals surface area contributed by atoms with Crippen LogP contribution in [0.2, 0.25) is 0 Å². The van der Waals surface area contributed by atoms with Crippen LogP contribution in [0.1, 0.15) is 13.8 Å². The zero-order valence-corrected chi connectivity index (χ0v) is 7.16. The second-order valence-corrected chi connectivity index (χ2v) is 2.55. The molecule has 0 aliphatic carbocycles. The Labute approximate surface area is 70.7 Å². The van der Waals surface area contributed by atoms with Crippen LogP contribution in [0.15, 0.2) is 0 Å². The summed E-state index contributed by atoms with van der Waals surface area (Å²) in [6, 6.07) is 0. The predicted molar refractivity (Wildman–Crippen MR) is 41.8 cm³/mol. The molecule has 5 nitrogen and oxygen atoms in total. The van der Waals surface area contributed by atoms with E-state index in [9.17, 15) is 9.59 Å². The van der Waals surface area contributed by atoms with Crippen molar-refractivity contribution in [1.82, 2.24) is 5.32 Å². The van der Waals surface area contributed by atoms with Gasteiger partial charge in [-0.15, -0.1) is 0 Å². The molecule has 5 heteroatoms. The summed E-state index contributed by atoms with van der Waals surface area (Å²) in [5.74, 6) is -0.489. The quantitative estimate of drug-likeness (QED) is 0.480. The van der Waals surface area contributed by atoms with Crippen molar-refractivity contribution in [3.8, 4) is 0 Å². The van der Waals surface area contributed by atoms with Crippen molar-refractivity contribution in [2.75, 3.05) is 13.2 Å². The molecular formula is C7H13NO4. The van der Waals surface area contributed by atoms with Crippen molar-refractivity contribution in [1.29, 1.82) is 0 Å². The Bertz CT molecular complexity index is 167. The third kappa shape index (κ3) is 5.52. The lowest BCUT2D eigenvalue weighted by atomic mass is 10.2. The lowest BCUT2D eigenvalue weighted by molar-refractivity contribution is -0.147. The van der Waals surface area contributed by atoms with Crippen LogP contribution < -0.4 is 5.32 Å². The summed E-state index contributed by atoms with van der Waals surface area (Å²) >= 11 is 0. The van der Waals surface area contributed by atoms with E-state index in [1.54, 1.807) is 13.8 Å². The standard InChI is InChI=1S/C7H13NO4/c1-5(2)6(9)12-4-3-8-7(10)11/h5,8H,3-4H2,1-2H3,(H,10,11). The van der Waals surface area contributed by atoms with Crippen LogP contribution in [-0.4, -0.2) is 30.3 Å². The third-order valence-electron chi connectivity index (χ3n) is 1.09. The fourth-order valence-corrected chi connectivity index (χ4v) is 0.476. The van der Waals surface area contributed by atoms with Gasteiger partial charge < -0.3 is 15.2 Å². The molecule has 70 valence electrons. The van der Waals surface area contributed by atoms with Gasteiger partial charge in [-0.3, -0.25) is 4.79 Å². The number of carbonyl (C=O) groups excluding carboxylic acids is 1. The highest BCUT2D eigenvalue weighted by molar-refractivity contribution is 5.71. The van der Waals surface area contributed by atoms with E-state index in [2.05, 4.69) is 10.1 Å². The number of nitrogens with one attached hydrogen (secondary N) is 1. The van der Waals surface area contributed by atoms with E-state index in [4.69, 9.17) is 5.11 Å². The largest absolute Gasteiger partial charge is 0.465 e. The summed E-state index contributed by atoms with van der Waals surface area (Å²) in [6.07, 6.45) is -1.12. The Balaban J connectivity index is 3.32. The topological polar surface area (TPSA) is 75.6 Å². The number of ether oxygens (including phenoxy) is 1. The van der Waals surface area contributed by atoms with Crippen LogP contribution >= 0.6 is 0 Å². The van der Waals surface area contributed by atoms with Gasteiger partial charge in [0, 0.05) is 0 Å². The first-order valence-corrected chi connectivity index (χ1v) is 3.67. The monoisotopic (exact) mass is 175 g/mol. The fourth-order valence-electron chi connectivity index (χ4n) is 0.476. The van der Waals surface area contributed by atoms with Gasteiger partial charge in [0.1, 0.15) is 6.61 Å². The summed E-state index contributed by atoms with van der Waals surface area (Å²) in [5, 5.41) is 10.2. The van der Waals surface area contributed by atoms with Crippen molar-refractivity contribution in [2.45, 2.75) is 13.8 Å². The molecule has 0 aromatic carbocycles. The first kappa shape index (κ1) is 10.7. The molecule has 0 spiro atoms. The van der Waals surface area contributed by atoms with Gasteiger partial charge in [-0.25, -0.2) is 4.79 Å². The highest BCUT2D eigenvalue weighted by Crippen LogP contribution is 1.94. The van der Waals surface area contributed by atoms with Crippen molar-refractivity contribution >= 4 is 12.1 Å². The molecule has 2 N–H and O–H groups in total. The Morgan fingerprint density at radius 2 is 2.08 bits per heavy atom. The normalized spacial score (nSPS) is 9.58. The number of hydrogen-bond donors (Lipinski definition) is 2. The first-order valence-electron chi connectivity index (χ1n) is 3.67. The Kier molecular flexibility index (Phi) is 4.83. The van der Waals surface area contributed by atoms with E-state index in [1.165, 1.54) is 0 Å². The average Bonchev–Trinajstić information content (AvgIpc) is 1.97. The summed E-state index contributed by atoms with van der Waals surface area (Å²) in [4.78, 5) is 20.7. The lowest BCUT2D eigenvalue weighted by Gasteiger charge is -2.06. The van der Waals surface area contributed by atoms with Crippen LogP contribution in [0.5, 0.6) is 0 Å². The average molecular weight is 175 g/mol.